The van der Waals surface area contributed by atoms with Gasteiger partial charge < -0.3 is 24.8 Å². The van der Waals surface area contributed by atoms with Gasteiger partial charge >= 0.3 is 0 Å². The van der Waals surface area contributed by atoms with E-state index < -0.39 is 6.17 Å². The Balaban J connectivity index is 3.35. The molecule has 0 aliphatic rings. The molecule has 0 radical (unpaired) electrons. The Hall–Kier alpha value is -0.760. The summed E-state index contributed by atoms with van der Waals surface area (Å²) in [5, 5.41) is 5.37. The van der Waals surface area contributed by atoms with E-state index in [0.29, 0.717) is 26.4 Å². The first kappa shape index (κ1) is 19.2. The predicted octanol–water partition coefficient (Wildman–Crippen LogP) is 0.118. The summed E-state index contributed by atoms with van der Waals surface area (Å²) in [5.74, 6) is -0.248. The topological polar surface area (TPSA) is 68.8 Å². The van der Waals surface area contributed by atoms with Gasteiger partial charge in [-0.3, -0.25) is 4.79 Å². The molecule has 0 aliphatic carbocycles. The van der Waals surface area contributed by atoms with Crippen LogP contribution in [0.15, 0.2) is 0 Å². The van der Waals surface area contributed by atoms with Crippen LogP contribution in [0, 0.1) is 0 Å². The first-order valence-electron chi connectivity index (χ1n) is 6.86. The SMILES string of the molecule is CNCCOCCOC(C)COCC(F)CNC(C)=O. The molecular formula is C13H27FN2O4. The Morgan fingerprint density at radius 3 is 2.60 bits per heavy atom. The monoisotopic (exact) mass is 294 g/mol. The Morgan fingerprint density at radius 1 is 1.20 bits per heavy atom. The fraction of sp³-hybridized carbons (Fsp3) is 0.923. The Bertz CT molecular complexity index is 244. The molecule has 2 atom stereocenters. The minimum absolute atomic E-state index is 0.0239. The van der Waals surface area contributed by atoms with Crippen molar-refractivity contribution in [1.29, 1.82) is 0 Å². The Labute approximate surface area is 120 Å². The molecule has 20 heavy (non-hydrogen) atoms. The molecule has 0 aromatic carbocycles. The minimum atomic E-state index is -1.20. The lowest BCUT2D eigenvalue weighted by molar-refractivity contribution is -0.119. The maximum absolute atomic E-state index is 13.2. The number of ether oxygens (including phenoxy) is 3. The summed E-state index contributed by atoms with van der Waals surface area (Å²) < 4.78 is 29.1. The number of halogens is 1. The molecule has 0 rings (SSSR count). The number of amides is 1. The van der Waals surface area contributed by atoms with Crippen LogP contribution in [-0.2, 0) is 19.0 Å². The van der Waals surface area contributed by atoms with Crippen LogP contribution in [0.4, 0.5) is 4.39 Å². The van der Waals surface area contributed by atoms with Gasteiger partial charge in [-0.2, -0.15) is 0 Å². The standard InChI is InChI=1S/C13H27FN2O4/c1-11(20-7-6-18-5-4-15-3)9-19-10-13(14)8-16-12(2)17/h11,13,15H,4-10H2,1-3H3,(H,16,17). The first-order valence-corrected chi connectivity index (χ1v) is 6.86. The zero-order chi connectivity index (χ0) is 15.2. The normalized spacial score (nSPS) is 14.0. The molecule has 0 fully saturated rings. The van der Waals surface area contributed by atoms with Crippen LogP contribution in [0.5, 0.6) is 0 Å². The van der Waals surface area contributed by atoms with Gasteiger partial charge in [-0.25, -0.2) is 4.39 Å². The Morgan fingerprint density at radius 2 is 1.95 bits per heavy atom. The van der Waals surface area contributed by atoms with Crippen molar-refractivity contribution in [3.05, 3.63) is 0 Å². The second-order valence-corrected chi connectivity index (χ2v) is 4.47. The highest BCUT2D eigenvalue weighted by Gasteiger charge is 2.09. The molecule has 0 heterocycles. The number of nitrogens with one attached hydrogen (secondary N) is 2. The average Bonchev–Trinajstić information content (AvgIpc) is 2.40. The van der Waals surface area contributed by atoms with Crippen molar-refractivity contribution in [2.75, 3.05) is 53.2 Å². The number of rotatable bonds is 13. The van der Waals surface area contributed by atoms with E-state index in [9.17, 15) is 9.18 Å². The van der Waals surface area contributed by atoms with Gasteiger partial charge in [0, 0.05) is 13.5 Å². The summed E-state index contributed by atoms with van der Waals surface area (Å²) in [6, 6.07) is 0. The highest BCUT2D eigenvalue weighted by molar-refractivity contribution is 5.72. The summed E-state index contributed by atoms with van der Waals surface area (Å²) in [7, 11) is 1.86. The molecule has 0 bridgehead atoms. The van der Waals surface area contributed by atoms with E-state index >= 15 is 0 Å². The van der Waals surface area contributed by atoms with Crippen LogP contribution >= 0.6 is 0 Å². The van der Waals surface area contributed by atoms with Crippen LogP contribution in [0.3, 0.4) is 0 Å². The molecule has 120 valence electrons. The third-order valence-electron chi connectivity index (χ3n) is 2.35. The van der Waals surface area contributed by atoms with Crippen molar-refractivity contribution in [3.8, 4) is 0 Å². The van der Waals surface area contributed by atoms with Gasteiger partial charge in [0.25, 0.3) is 0 Å². The number of carbonyl (C=O) groups is 1. The van der Waals surface area contributed by atoms with Crippen molar-refractivity contribution >= 4 is 5.91 Å². The molecule has 0 saturated carbocycles. The molecular weight excluding hydrogens is 267 g/mol. The lowest BCUT2D eigenvalue weighted by atomic mass is 10.4. The summed E-state index contributed by atoms with van der Waals surface area (Å²) in [5.41, 5.74) is 0. The van der Waals surface area contributed by atoms with Crippen molar-refractivity contribution < 1.29 is 23.4 Å². The predicted molar refractivity (Wildman–Crippen MR) is 74.6 cm³/mol. The molecule has 0 saturated heterocycles. The zero-order valence-electron chi connectivity index (χ0n) is 12.6. The zero-order valence-corrected chi connectivity index (χ0v) is 12.6. The summed E-state index contributed by atoms with van der Waals surface area (Å²) >= 11 is 0. The highest BCUT2D eigenvalue weighted by Crippen LogP contribution is 1.96. The summed E-state index contributed by atoms with van der Waals surface area (Å²) in [6.07, 6.45) is -1.31. The van der Waals surface area contributed by atoms with E-state index in [1.165, 1.54) is 6.92 Å². The van der Waals surface area contributed by atoms with Crippen LogP contribution in [0.25, 0.3) is 0 Å². The van der Waals surface area contributed by atoms with E-state index in [-0.39, 0.29) is 25.2 Å². The molecule has 6 nitrogen and oxygen atoms in total. The van der Waals surface area contributed by atoms with Gasteiger partial charge in [0.2, 0.25) is 5.91 Å². The Kier molecular flexibility index (Phi) is 12.7. The molecule has 0 aromatic rings. The molecule has 7 heteroatoms. The molecule has 0 aromatic heterocycles. The average molecular weight is 294 g/mol. The van der Waals surface area contributed by atoms with Crippen LogP contribution < -0.4 is 10.6 Å². The van der Waals surface area contributed by atoms with Gasteiger partial charge in [0.05, 0.1) is 45.7 Å². The number of hydrogen-bond acceptors (Lipinski definition) is 5. The number of hydrogen-bond donors (Lipinski definition) is 2. The second kappa shape index (κ2) is 13.2. The van der Waals surface area contributed by atoms with Crippen LogP contribution in [0.1, 0.15) is 13.8 Å². The maximum Gasteiger partial charge on any atom is 0.216 e. The molecule has 1 amide bonds. The van der Waals surface area contributed by atoms with Crippen LogP contribution in [-0.4, -0.2) is 71.4 Å². The van der Waals surface area contributed by atoms with E-state index in [0.717, 1.165) is 6.54 Å². The molecule has 2 N–H and O–H groups in total. The molecule has 2 unspecified atom stereocenters. The molecule has 0 aliphatic heterocycles. The van der Waals surface area contributed by atoms with E-state index in [4.69, 9.17) is 14.2 Å². The van der Waals surface area contributed by atoms with Gasteiger partial charge in [-0.1, -0.05) is 0 Å². The summed E-state index contributed by atoms with van der Waals surface area (Å²) in [6.45, 7) is 5.92. The van der Waals surface area contributed by atoms with Gasteiger partial charge in [0.15, 0.2) is 0 Å². The number of carbonyl (C=O) groups excluding carboxylic acids is 1. The van der Waals surface area contributed by atoms with Crippen molar-refractivity contribution in [1.82, 2.24) is 10.6 Å². The fourth-order valence-electron chi connectivity index (χ4n) is 1.31. The van der Waals surface area contributed by atoms with E-state index in [1.807, 2.05) is 14.0 Å². The van der Waals surface area contributed by atoms with Gasteiger partial charge in [0.1, 0.15) is 6.17 Å². The maximum atomic E-state index is 13.2. The fourth-order valence-corrected chi connectivity index (χ4v) is 1.31. The second-order valence-electron chi connectivity index (χ2n) is 4.47. The summed E-state index contributed by atoms with van der Waals surface area (Å²) in [4.78, 5) is 10.6. The quantitative estimate of drug-likeness (QED) is 0.472. The largest absolute Gasteiger partial charge is 0.378 e. The van der Waals surface area contributed by atoms with Gasteiger partial charge in [-0.05, 0) is 14.0 Å². The van der Waals surface area contributed by atoms with E-state index in [2.05, 4.69) is 10.6 Å². The number of alkyl halides is 1. The lowest BCUT2D eigenvalue weighted by Crippen LogP contribution is -2.31. The van der Waals surface area contributed by atoms with E-state index in [1.54, 1.807) is 0 Å². The number of likely N-dealkylation sites (N-methyl/N-ethyl adjacent to an activating group) is 1. The third-order valence-corrected chi connectivity index (χ3v) is 2.35. The third kappa shape index (κ3) is 13.7. The highest BCUT2D eigenvalue weighted by atomic mass is 19.1. The van der Waals surface area contributed by atoms with Gasteiger partial charge in [-0.15, -0.1) is 0 Å². The van der Waals surface area contributed by atoms with Crippen molar-refractivity contribution in [2.45, 2.75) is 26.1 Å². The first-order chi connectivity index (χ1) is 9.56. The van der Waals surface area contributed by atoms with Crippen molar-refractivity contribution in [3.63, 3.8) is 0 Å². The minimum Gasteiger partial charge on any atom is -0.378 e. The lowest BCUT2D eigenvalue weighted by Gasteiger charge is -2.15. The van der Waals surface area contributed by atoms with Crippen LogP contribution in [0.2, 0.25) is 0 Å². The smallest absolute Gasteiger partial charge is 0.216 e. The molecule has 0 spiro atoms. The van der Waals surface area contributed by atoms with Crippen molar-refractivity contribution in [2.24, 2.45) is 0 Å².